The molecular weight excluding hydrogens is 418 g/mol. The molecule has 184 valence electrons. The predicted octanol–water partition coefficient (Wildman–Crippen LogP) is 2.04. The molecule has 0 bridgehead atoms. The van der Waals surface area contributed by atoms with Crippen LogP contribution in [-0.4, -0.2) is 104 Å². The van der Waals surface area contributed by atoms with Crippen LogP contribution in [0.1, 0.15) is 44.9 Å². The van der Waals surface area contributed by atoms with Crippen molar-refractivity contribution in [3.63, 3.8) is 0 Å². The lowest BCUT2D eigenvalue weighted by molar-refractivity contribution is -0.870. The molecule has 0 saturated carbocycles. The van der Waals surface area contributed by atoms with Gasteiger partial charge in [-0.2, -0.15) is 0 Å². The van der Waals surface area contributed by atoms with E-state index < -0.39 is 44.7 Å². The highest BCUT2D eigenvalue weighted by atomic mass is 28.3. The molecule has 1 saturated heterocycles. The summed E-state index contributed by atoms with van der Waals surface area (Å²) in [5, 5.41) is 38.7. The van der Waals surface area contributed by atoms with Crippen LogP contribution in [-0.2, 0) is 14.3 Å². The summed E-state index contributed by atoms with van der Waals surface area (Å²) in [5.74, 6) is -1.39. The fourth-order valence-corrected chi connectivity index (χ4v) is 5.97. The zero-order valence-corrected chi connectivity index (χ0v) is 21.1. The van der Waals surface area contributed by atoms with Crippen LogP contribution in [0.2, 0.25) is 25.2 Å². The zero-order chi connectivity index (χ0) is 23.7. The third kappa shape index (κ3) is 11.2. The highest BCUT2D eigenvalue weighted by molar-refractivity contribution is 6.77. The van der Waals surface area contributed by atoms with Gasteiger partial charge >= 0.3 is 5.97 Å². The number of aliphatic hydroxyl groups is 3. The molecule has 4 N–H and O–H groups in total. The van der Waals surface area contributed by atoms with Crippen molar-refractivity contribution in [3.8, 4) is 0 Å². The van der Waals surface area contributed by atoms with Crippen molar-refractivity contribution >= 4 is 14.0 Å². The number of rotatable bonds is 15. The maximum Gasteiger partial charge on any atom is 0.335 e. The highest BCUT2D eigenvalue weighted by Crippen LogP contribution is 2.25. The summed E-state index contributed by atoms with van der Waals surface area (Å²) in [5.41, 5.74) is 0. The van der Waals surface area contributed by atoms with Gasteiger partial charge in [-0.3, -0.25) is 0 Å². The van der Waals surface area contributed by atoms with E-state index in [2.05, 4.69) is 34.2 Å². The lowest BCUT2D eigenvalue weighted by Crippen LogP contribution is -2.60. The second kappa shape index (κ2) is 13.2. The number of aliphatic carboxylic acids is 1. The quantitative estimate of drug-likeness (QED) is 0.166. The van der Waals surface area contributed by atoms with Crippen LogP contribution in [0.4, 0.5) is 0 Å². The first kappa shape index (κ1) is 28.5. The van der Waals surface area contributed by atoms with E-state index in [0.29, 0.717) is 6.61 Å². The molecule has 5 atom stereocenters. The van der Waals surface area contributed by atoms with Crippen LogP contribution in [0.3, 0.4) is 0 Å². The Morgan fingerprint density at radius 3 is 1.97 bits per heavy atom. The molecule has 1 fully saturated rings. The van der Waals surface area contributed by atoms with Gasteiger partial charge in [-0.1, -0.05) is 51.2 Å². The average Bonchev–Trinajstić information content (AvgIpc) is 2.65. The Morgan fingerprint density at radius 1 is 0.871 bits per heavy atom. The molecule has 1 aliphatic heterocycles. The summed E-state index contributed by atoms with van der Waals surface area (Å²) in [6, 6.07) is 2.06. The van der Waals surface area contributed by atoms with E-state index >= 15 is 0 Å². The molecule has 5 unspecified atom stereocenters. The van der Waals surface area contributed by atoms with Crippen molar-refractivity contribution in [2.24, 2.45) is 0 Å². The number of unbranched alkanes of at least 4 members (excludes halogenated alkanes) is 6. The van der Waals surface area contributed by atoms with E-state index in [9.17, 15) is 20.1 Å². The molecule has 0 radical (unpaired) electrons. The van der Waals surface area contributed by atoms with Crippen LogP contribution >= 0.6 is 0 Å². The summed E-state index contributed by atoms with van der Waals surface area (Å²) >= 11 is 0. The highest BCUT2D eigenvalue weighted by Gasteiger charge is 2.47. The van der Waals surface area contributed by atoms with Crippen LogP contribution in [0.15, 0.2) is 0 Å². The second-order valence-corrected chi connectivity index (χ2v) is 16.1. The number of nitrogens with zero attached hydrogens (tertiary/aromatic N) is 1. The monoisotopic (exact) mass is 464 g/mol. The first-order valence-electron chi connectivity index (χ1n) is 11.7. The fourth-order valence-electron chi connectivity index (χ4n) is 3.84. The van der Waals surface area contributed by atoms with Crippen molar-refractivity contribution in [1.82, 2.24) is 0 Å². The molecule has 1 heterocycles. The van der Waals surface area contributed by atoms with Crippen LogP contribution in [0.5, 0.6) is 0 Å². The minimum absolute atomic E-state index is 0.336. The van der Waals surface area contributed by atoms with Crippen LogP contribution in [0, 0.1) is 0 Å². The van der Waals surface area contributed by atoms with Gasteiger partial charge in [0.15, 0.2) is 12.4 Å². The van der Waals surface area contributed by atoms with Crippen LogP contribution in [0.25, 0.3) is 0 Å². The Bertz CT molecular complexity index is 526. The van der Waals surface area contributed by atoms with Gasteiger partial charge in [-0.05, 0) is 18.9 Å². The minimum Gasteiger partial charge on any atom is -0.479 e. The smallest absolute Gasteiger partial charge is 0.335 e. The molecule has 1 rings (SSSR count). The molecule has 8 nitrogen and oxygen atoms in total. The zero-order valence-electron chi connectivity index (χ0n) is 20.1. The van der Waals surface area contributed by atoms with E-state index in [-0.39, 0.29) is 0 Å². The van der Waals surface area contributed by atoms with Gasteiger partial charge in [0.05, 0.1) is 27.7 Å². The second-order valence-electron chi connectivity index (χ2n) is 10.8. The molecule has 1 aliphatic rings. The lowest BCUT2D eigenvalue weighted by atomic mass is 9.99. The van der Waals surface area contributed by atoms with E-state index in [1.807, 2.05) is 0 Å². The Hall–Kier alpha value is -0.553. The molecule has 31 heavy (non-hydrogen) atoms. The minimum atomic E-state index is -1.68. The Labute approximate surface area is 188 Å². The number of carbonyl (C=O) groups is 1. The number of quaternary nitrogens is 1. The van der Waals surface area contributed by atoms with Crippen molar-refractivity contribution in [1.29, 1.82) is 0 Å². The molecule has 0 spiro atoms. The number of ether oxygens (including phenoxy) is 2. The Morgan fingerprint density at radius 2 is 1.42 bits per heavy atom. The molecule has 0 aliphatic carbocycles. The number of carboxylic acid groups (broad SMARTS) is 1. The standard InChI is InChI=1S/C22H45NO7Si/c1-23(2,3)13-11-9-7-6-8-10-12-15-31(4,5)16-14-29-22-19(26)17(24)18(25)20(30-22)21(27)28/h17-20,22,24-26H,6-16H2,1-5H3/p+1. The van der Waals surface area contributed by atoms with E-state index in [4.69, 9.17) is 14.6 Å². The van der Waals surface area contributed by atoms with Crippen LogP contribution < -0.4 is 0 Å². The summed E-state index contributed by atoms with van der Waals surface area (Å²) in [4.78, 5) is 11.2. The number of aliphatic hydroxyl groups excluding tert-OH is 3. The SMILES string of the molecule is C[N+](C)(C)CCCCCCCCC[Si](C)(C)CCOC1OC(C(=O)O)C(O)C(O)C1O. The molecular formula is C22H46NO7Si+. The number of carboxylic acids is 1. The van der Waals surface area contributed by atoms with E-state index in [1.165, 1.54) is 57.5 Å². The van der Waals surface area contributed by atoms with Crippen molar-refractivity contribution in [3.05, 3.63) is 0 Å². The number of hydrogen-bond acceptors (Lipinski definition) is 6. The third-order valence-corrected chi connectivity index (χ3v) is 9.32. The van der Waals surface area contributed by atoms with E-state index in [1.54, 1.807) is 0 Å². The summed E-state index contributed by atoms with van der Waals surface area (Å²) in [6.45, 7) is 6.18. The molecule has 0 aromatic carbocycles. The summed E-state index contributed by atoms with van der Waals surface area (Å²) in [7, 11) is 5.24. The maximum atomic E-state index is 11.2. The average molecular weight is 465 g/mol. The van der Waals surface area contributed by atoms with Crippen molar-refractivity contribution < 1.29 is 39.2 Å². The topological polar surface area (TPSA) is 116 Å². The van der Waals surface area contributed by atoms with Gasteiger partial charge < -0.3 is 34.4 Å². The fraction of sp³-hybridized carbons (Fsp3) is 0.955. The number of hydrogen-bond donors (Lipinski definition) is 4. The molecule has 9 heteroatoms. The molecule has 0 aromatic rings. The van der Waals surface area contributed by atoms with Gasteiger partial charge in [0, 0.05) is 14.7 Å². The third-order valence-electron chi connectivity index (χ3n) is 6.06. The molecule has 0 aromatic heterocycles. The first-order chi connectivity index (χ1) is 14.3. The summed E-state index contributed by atoms with van der Waals surface area (Å²) < 4.78 is 11.8. The Kier molecular flexibility index (Phi) is 12.2. The van der Waals surface area contributed by atoms with Gasteiger partial charge in [-0.25, -0.2) is 4.79 Å². The Balaban J connectivity index is 2.19. The van der Waals surface area contributed by atoms with Gasteiger partial charge in [-0.15, -0.1) is 0 Å². The van der Waals surface area contributed by atoms with Crippen molar-refractivity contribution in [2.75, 3.05) is 34.3 Å². The molecule has 0 amide bonds. The predicted molar refractivity (Wildman–Crippen MR) is 123 cm³/mol. The van der Waals surface area contributed by atoms with E-state index in [0.717, 1.165) is 10.5 Å². The lowest BCUT2D eigenvalue weighted by Gasteiger charge is -2.38. The summed E-state index contributed by atoms with van der Waals surface area (Å²) in [6.07, 6.45) is 1.35. The van der Waals surface area contributed by atoms with Gasteiger partial charge in [0.1, 0.15) is 18.3 Å². The van der Waals surface area contributed by atoms with Gasteiger partial charge in [0.2, 0.25) is 0 Å². The first-order valence-corrected chi connectivity index (χ1v) is 15.1. The maximum absolute atomic E-state index is 11.2. The normalized spacial score (nSPS) is 27.4. The largest absolute Gasteiger partial charge is 0.479 e. The van der Waals surface area contributed by atoms with Crippen molar-refractivity contribution in [2.45, 2.75) is 101 Å². The van der Waals surface area contributed by atoms with Gasteiger partial charge in [0.25, 0.3) is 0 Å².